The number of hydrogen-bond acceptors (Lipinski definition) is 5. The van der Waals surface area contributed by atoms with Crippen molar-refractivity contribution in [1.82, 2.24) is 0 Å². The Labute approximate surface area is 186 Å². The Morgan fingerprint density at radius 1 is 1.00 bits per heavy atom. The molecule has 3 aromatic rings. The molecular formula is C25H24N2O5. The van der Waals surface area contributed by atoms with Gasteiger partial charge in [0.2, 0.25) is 5.91 Å². The van der Waals surface area contributed by atoms with Gasteiger partial charge in [-0.25, -0.2) is 0 Å². The third kappa shape index (κ3) is 3.67. The second-order valence-corrected chi connectivity index (χ2v) is 7.64. The molecule has 1 aliphatic heterocycles. The van der Waals surface area contributed by atoms with Gasteiger partial charge in [-0.3, -0.25) is 14.5 Å². The summed E-state index contributed by atoms with van der Waals surface area (Å²) in [5, 5.41) is 14.3. The SMILES string of the molecule is COc1cc(NC(=O)CN2C(=O)[C@](O)(c3cccc(C)c3)c3ccccc32)cc(OC)c1. The molecule has 2 N–H and O–H groups in total. The minimum Gasteiger partial charge on any atom is -0.497 e. The standard InChI is InChI=1S/C25H24N2O5/c1-16-7-6-8-17(11-16)25(30)21-9-4-5-10-22(21)27(24(25)29)15-23(28)26-18-12-19(31-2)14-20(13-18)32-3/h4-14,30H,15H2,1-3H3,(H,26,28)/t25-/m0/s1. The number of benzene rings is 3. The van der Waals surface area contributed by atoms with Crippen molar-refractivity contribution in [2.75, 3.05) is 31.0 Å². The highest BCUT2D eigenvalue weighted by molar-refractivity contribution is 6.12. The molecule has 7 nitrogen and oxygen atoms in total. The first kappa shape index (κ1) is 21.4. The lowest BCUT2D eigenvalue weighted by Gasteiger charge is -2.24. The van der Waals surface area contributed by atoms with Gasteiger partial charge < -0.3 is 19.9 Å². The molecule has 0 fully saturated rings. The molecule has 0 radical (unpaired) electrons. The van der Waals surface area contributed by atoms with Gasteiger partial charge in [-0.2, -0.15) is 0 Å². The van der Waals surface area contributed by atoms with Crippen molar-refractivity contribution in [2.45, 2.75) is 12.5 Å². The van der Waals surface area contributed by atoms with Crippen LogP contribution < -0.4 is 19.7 Å². The second-order valence-electron chi connectivity index (χ2n) is 7.64. The number of methoxy groups -OCH3 is 2. The molecule has 0 aliphatic carbocycles. The molecule has 1 atom stereocenters. The van der Waals surface area contributed by atoms with Gasteiger partial charge in [0.05, 0.1) is 19.9 Å². The summed E-state index contributed by atoms with van der Waals surface area (Å²) in [5.74, 6) is 0.0618. The minimum absolute atomic E-state index is 0.260. The van der Waals surface area contributed by atoms with E-state index in [-0.39, 0.29) is 6.54 Å². The fraction of sp³-hybridized carbons (Fsp3) is 0.200. The van der Waals surface area contributed by atoms with E-state index in [2.05, 4.69) is 5.32 Å². The Balaban J connectivity index is 1.64. The van der Waals surface area contributed by atoms with E-state index in [0.717, 1.165) is 5.56 Å². The molecule has 7 heteroatoms. The van der Waals surface area contributed by atoms with Gasteiger partial charge in [-0.15, -0.1) is 0 Å². The monoisotopic (exact) mass is 432 g/mol. The summed E-state index contributed by atoms with van der Waals surface area (Å²) in [6.07, 6.45) is 0. The van der Waals surface area contributed by atoms with Crippen molar-refractivity contribution in [3.05, 3.63) is 83.4 Å². The zero-order chi connectivity index (χ0) is 22.9. The number of carbonyl (C=O) groups is 2. The third-order valence-corrected chi connectivity index (χ3v) is 5.51. The molecule has 0 saturated carbocycles. The maximum Gasteiger partial charge on any atom is 0.268 e. The molecule has 1 heterocycles. The smallest absolute Gasteiger partial charge is 0.268 e. The van der Waals surface area contributed by atoms with Crippen LogP contribution in [0.2, 0.25) is 0 Å². The molecule has 0 aromatic heterocycles. The number of hydrogen-bond donors (Lipinski definition) is 2. The number of aryl methyl sites for hydroxylation is 1. The van der Waals surface area contributed by atoms with Crippen molar-refractivity contribution in [1.29, 1.82) is 0 Å². The van der Waals surface area contributed by atoms with E-state index in [9.17, 15) is 14.7 Å². The van der Waals surface area contributed by atoms with Crippen LogP contribution in [0.1, 0.15) is 16.7 Å². The normalized spacial score (nSPS) is 17.1. The molecule has 3 aromatic carbocycles. The fourth-order valence-electron chi connectivity index (χ4n) is 3.96. The Kier molecular flexibility index (Phi) is 5.59. The van der Waals surface area contributed by atoms with Crippen LogP contribution >= 0.6 is 0 Å². The average Bonchev–Trinajstić information content (AvgIpc) is 3.01. The molecule has 2 amide bonds. The lowest BCUT2D eigenvalue weighted by atomic mass is 9.87. The van der Waals surface area contributed by atoms with E-state index in [4.69, 9.17) is 9.47 Å². The van der Waals surface area contributed by atoms with Crippen molar-refractivity contribution >= 4 is 23.2 Å². The number of rotatable bonds is 6. The van der Waals surface area contributed by atoms with Gasteiger partial charge >= 0.3 is 0 Å². The van der Waals surface area contributed by atoms with E-state index >= 15 is 0 Å². The van der Waals surface area contributed by atoms with E-state index in [1.807, 2.05) is 13.0 Å². The van der Waals surface area contributed by atoms with Crippen LogP contribution in [0, 0.1) is 6.92 Å². The van der Waals surface area contributed by atoms with Gasteiger partial charge in [0.25, 0.3) is 5.91 Å². The maximum atomic E-state index is 13.4. The Morgan fingerprint density at radius 3 is 2.34 bits per heavy atom. The summed E-state index contributed by atoms with van der Waals surface area (Å²) in [6, 6.07) is 19.2. The highest BCUT2D eigenvalue weighted by Gasteiger charge is 2.51. The fourth-order valence-corrected chi connectivity index (χ4v) is 3.96. The molecule has 0 saturated heterocycles. The zero-order valence-electron chi connectivity index (χ0n) is 18.1. The molecule has 4 rings (SSSR count). The largest absolute Gasteiger partial charge is 0.497 e. The van der Waals surface area contributed by atoms with Crippen LogP contribution in [-0.4, -0.2) is 37.7 Å². The number of fused-ring (bicyclic) bond motifs is 1. The van der Waals surface area contributed by atoms with Crippen LogP contribution in [0.3, 0.4) is 0 Å². The van der Waals surface area contributed by atoms with E-state index in [0.29, 0.717) is 34.0 Å². The summed E-state index contributed by atoms with van der Waals surface area (Å²) in [7, 11) is 3.04. The molecule has 0 spiro atoms. The average molecular weight is 432 g/mol. The first-order valence-electron chi connectivity index (χ1n) is 10.1. The summed E-state index contributed by atoms with van der Waals surface area (Å²) in [4.78, 5) is 27.6. The number of anilines is 2. The van der Waals surface area contributed by atoms with Crippen LogP contribution in [0.4, 0.5) is 11.4 Å². The van der Waals surface area contributed by atoms with E-state index in [1.165, 1.54) is 19.1 Å². The van der Waals surface area contributed by atoms with Crippen LogP contribution in [-0.2, 0) is 15.2 Å². The van der Waals surface area contributed by atoms with Gasteiger partial charge in [0.15, 0.2) is 5.60 Å². The molecule has 0 unspecified atom stereocenters. The molecule has 32 heavy (non-hydrogen) atoms. The van der Waals surface area contributed by atoms with Crippen molar-refractivity contribution < 1.29 is 24.2 Å². The highest BCUT2D eigenvalue weighted by atomic mass is 16.5. The number of aliphatic hydroxyl groups is 1. The minimum atomic E-state index is -1.86. The van der Waals surface area contributed by atoms with E-state index in [1.54, 1.807) is 60.7 Å². The van der Waals surface area contributed by atoms with Crippen molar-refractivity contribution in [3.8, 4) is 11.5 Å². The zero-order valence-corrected chi connectivity index (χ0v) is 18.1. The number of para-hydroxylation sites is 1. The number of carbonyl (C=O) groups excluding carboxylic acids is 2. The number of nitrogens with zero attached hydrogens (tertiary/aromatic N) is 1. The Bertz CT molecular complexity index is 1170. The molecule has 1 aliphatic rings. The van der Waals surface area contributed by atoms with Crippen LogP contribution in [0.25, 0.3) is 0 Å². The summed E-state index contributed by atoms with van der Waals surface area (Å²) < 4.78 is 10.5. The summed E-state index contributed by atoms with van der Waals surface area (Å²) in [6.45, 7) is 1.63. The van der Waals surface area contributed by atoms with Crippen molar-refractivity contribution in [2.24, 2.45) is 0 Å². The summed E-state index contributed by atoms with van der Waals surface area (Å²) >= 11 is 0. The number of amides is 2. The third-order valence-electron chi connectivity index (χ3n) is 5.51. The van der Waals surface area contributed by atoms with E-state index < -0.39 is 17.4 Å². The van der Waals surface area contributed by atoms with Gasteiger partial charge in [-0.1, -0.05) is 48.0 Å². The van der Waals surface area contributed by atoms with Crippen LogP contribution in [0.5, 0.6) is 11.5 Å². The molecule has 0 bridgehead atoms. The second kappa shape index (κ2) is 8.36. The Hall–Kier alpha value is -3.84. The van der Waals surface area contributed by atoms with Crippen molar-refractivity contribution in [3.63, 3.8) is 0 Å². The lowest BCUT2D eigenvalue weighted by Crippen LogP contribution is -2.44. The number of ether oxygens (including phenoxy) is 2. The lowest BCUT2D eigenvalue weighted by molar-refractivity contribution is -0.133. The predicted molar refractivity (Wildman–Crippen MR) is 121 cm³/mol. The summed E-state index contributed by atoms with van der Waals surface area (Å²) in [5.41, 5.74) is 0.952. The van der Waals surface area contributed by atoms with Gasteiger partial charge in [0.1, 0.15) is 18.0 Å². The molecule has 164 valence electrons. The topological polar surface area (TPSA) is 88.1 Å². The predicted octanol–water partition coefficient (Wildman–Crippen LogP) is 3.23. The Morgan fingerprint density at radius 2 is 1.69 bits per heavy atom. The van der Waals surface area contributed by atoms with Gasteiger partial charge in [-0.05, 0) is 18.6 Å². The quantitative estimate of drug-likeness (QED) is 0.624. The first-order chi connectivity index (χ1) is 15.4. The highest BCUT2D eigenvalue weighted by Crippen LogP contribution is 2.44. The van der Waals surface area contributed by atoms with Gasteiger partial charge in [0, 0.05) is 29.4 Å². The first-order valence-corrected chi connectivity index (χ1v) is 10.1. The number of nitrogens with one attached hydrogen (secondary N) is 1. The molecular weight excluding hydrogens is 408 g/mol. The maximum absolute atomic E-state index is 13.4. The van der Waals surface area contributed by atoms with Crippen LogP contribution in [0.15, 0.2) is 66.7 Å².